The van der Waals surface area contributed by atoms with Crippen molar-refractivity contribution in [2.24, 2.45) is 0 Å². The van der Waals surface area contributed by atoms with Crippen molar-refractivity contribution in [3.63, 3.8) is 0 Å². The summed E-state index contributed by atoms with van der Waals surface area (Å²) in [6.45, 7) is 3.05. The first-order valence-corrected chi connectivity index (χ1v) is 6.01. The van der Waals surface area contributed by atoms with Crippen LogP contribution < -0.4 is 5.32 Å². The molecule has 1 aromatic carbocycles. The highest BCUT2D eigenvalue weighted by Gasteiger charge is 2.32. The van der Waals surface area contributed by atoms with Gasteiger partial charge in [-0.05, 0) is 12.5 Å². The van der Waals surface area contributed by atoms with E-state index in [4.69, 9.17) is 0 Å². The van der Waals surface area contributed by atoms with Gasteiger partial charge in [-0.2, -0.15) is 0 Å². The van der Waals surface area contributed by atoms with Gasteiger partial charge < -0.3 is 4.90 Å². The Morgan fingerprint density at radius 2 is 2.24 bits per heavy atom. The van der Waals surface area contributed by atoms with E-state index >= 15 is 0 Å². The van der Waals surface area contributed by atoms with Gasteiger partial charge in [-0.25, -0.2) is 4.39 Å². The summed E-state index contributed by atoms with van der Waals surface area (Å²) in [5.41, 5.74) is 0.550. The van der Waals surface area contributed by atoms with Crippen molar-refractivity contribution in [3.05, 3.63) is 35.6 Å². The number of nitrogens with zero attached hydrogens (tertiary/aromatic N) is 1. The third-order valence-electron chi connectivity index (χ3n) is 3.03. The second-order valence-corrected chi connectivity index (χ2v) is 4.25. The van der Waals surface area contributed by atoms with Crippen molar-refractivity contribution in [1.29, 1.82) is 0 Å². The van der Waals surface area contributed by atoms with E-state index in [1.165, 1.54) is 6.07 Å². The smallest absolute Gasteiger partial charge is 0.238 e. The van der Waals surface area contributed by atoms with Crippen LogP contribution in [0, 0.1) is 5.82 Å². The summed E-state index contributed by atoms with van der Waals surface area (Å²) in [5, 5.41) is 3.06. The first kappa shape index (κ1) is 12.0. The summed E-state index contributed by atoms with van der Waals surface area (Å²) in [6.07, 6.45) is 1.65. The van der Waals surface area contributed by atoms with Crippen molar-refractivity contribution in [3.8, 4) is 0 Å². The van der Waals surface area contributed by atoms with Crippen molar-refractivity contribution >= 4 is 5.91 Å². The standard InChI is InChI=1S/C13H17FN2O/c1-2-3-8-16-12(17)9-15-13(16)10-6-4-5-7-11(10)14/h4-7,13,15H,2-3,8-9H2,1H3. The van der Waals surface area contributed by atoms with Crippen LogP contribution in [0.25, 0.3) is 0 Å². The van der Waals surface area contributed by atoms with Crippen LogP contribution in [0.4, 0.5) is 4.39 Å². The van der Waals surface area contributed by atoms with Gasteiger partial charge in [-0.3, -0.25) is 10.1 Å². The van der Waals surface area contributed by atoms with Gasteiger partial charge in [0.25, 0.3) is 0 Å². The van der Waals surface area contributed by atoms with E-state index in [2.05, 4.69) is 12.2 Å². The number of halogens is 1. The highest BCUT2D eigenvalue weighted by Crippen LogP contribution is 2.24. The lowest BCUT2D eigenvalue weighted by Gasteiger charge is -2.24. The molecule has 4 heteroatoms. The molecule has 0 bridgehead atoms. The van der Waals surface area contributed by atoms with Gasteiger partial charge in [-0.15, -0.1) is 0 Å². The molecule has 0 aliphatic carbocycles. The molecule has 1 N–H and O–H groups in total. The summed E-state index contributed by atoms with van der Waals surface area (Å²) in [4.78, 5) is 13.4. The average Bonchev–Trinajstić information content (AvgIpc) is 2.69. The van der Waals surface area contributed by atoms with Crippen molar-refractivity contribution in [1.82, 2.24) is 10.2 Å². The highest BCUT2D eigenvalue weighted by molar-refractivity contribution is 5.80. The Morgan fingerprint density at radius 3 is 2.94 bits per heavy atom. The van der Waals surface area contributed by atoms with Gasteiger partial charge in [0.15, 0.2) is 0 Å². The van der Waals surface area contributed by atoms with Crippen LogP contribution in [0.15, 0.2) is 24.3 Å². The molecule has 1 saturated heterocycles. The van der Waals surface area contributed by atoms with Gasteiger partial charge in [0.1, 0.15) is 12.0 Å². The highest BCUT2D eigenvalue weighted by atomic mass is 19.1. The predicted octanol–water partition coefficient (Wildman–Crippen LogP) is 2.06. The van der Waals surface area contributed by atoms with Crippen molar-refractivity contribution in [2.45, 2.75) is 25.9 Å². The normalized spacial score (nSPS) is 20.0. The Hall–Kier alpha value is -1.42. The molecule has 1 aromatic rings. The minimum absolute atomic E-state index is 0.0479. The minimum Gasteiger partial charge on any atom is -0.322 e. The summed E-state index contributed by atoms with van der Waals surface area (Å²) in [5.74, 6) is -0.215. The first-order chi connectivity index (χ1) is 8.24. The molecular weight excluding hydrogens is 219 g/mol. The molecule has 1 aliphatic rings. The largest absolute Gasteiger partial charge is 0.322 e. The third kappa shape index (κ3) is 2.47. The molecule has 1 amide bonds. The number of benzene rings is 1. The maximum atomic E-state index is 13.7. The topological polar surface area (TPSA) is 32.3 Å². The van der Waals surface area contributed by atoms with Crippen molar-refractivity contribution in [2.75, 3.05) is 13.1 Å². The monoisotopic (exact) mass is 236 g/mol. The predicted molar refractivity (Wildman–Crippen MR) is 63.8 cm³/mol. The molecule has 92 valence electrons. The van der Waals surface area contributed by atoms with Crippen LogP contribution in [-0.4, -0.2) is 23.9 Å². The van der Waals surface area contributed by atoms with E-state index < -0.39 is 0 Å². The number of rotatable bonds is 4. The zero-order valence-corrected chi connectivity index (χ0v) is 9.95. The molecule has 0 spiro atoms. The van der Waals surface area contributed by atoms with E-state index in [0.29, 0.717) is 18.7 Å². The first-order valence-electron chi connectivity index (χ1n) is 6.01. The van der Waals surface area contributed by atoms with E-state index in [0.717, 1.165) is 12.8 Å². The lowest BCUT2D eigenvalue weighted by Crippen LogP contribution is -2.31. The molecule has 3 nitrogen and oxygen atoms in total. The van der Waals surface area contributed by atoms with Gasteiger partial charge >= 0.3 is 0 Å². The number of unbranched alkanes of at least 4 members (excludes halogenated alkanes) is 1. The Balaban J connectivity index is 2.19. The molecular formula is C13H17FN2O. The minimum atomic E-state index is -0.310. The van der Waals surface area contributed by atoms with E-state index in [1.807, 2.05) is 0 Å². The second-order valence-electron chi connectivity index (χ2n) is 4.25. The van der Waals surface area contributed by atoms with Crippen molar-refractivity contribution < 1.29 is 9.18 Å². The molecule has 0 saturated carbocycles. The van der Waals surface area contributed by atoms with Gasteiger partial charge in [0, 0.05) is 12.1 Å². The zero-order chi connectivity index (χ0) is 12.3. The van der Waals surface area contributed by atoms with Gasteiger partial charge in [0.05, 0.1) is 6.54 Å². The molecule has 1 aliphatic heterocycles. The summed E-state index contributed by atoms with van der Waals surface area (Å²) in [6, 6.07) is 6.61. The van der Waals surface area contributed by atoms with E-state index in [-0.39, 0.29) is 17.9 Å². The molecule has 1 fully saturated rings. The number of carbonyl (C=O) groups is 1. The lowest BCUT2D eigenvalue weighted by atomic mass is 10.1. The molecule has 1 atom stereocenters. The average molecular weight is 236 g/mol. The quantitative estimate of drug-likeness (QED) is 0.867. The summed E-state index contributed by atoms with van der Waals surface area (Å²) < 4.78 is 13.7. The molecule has 0 radical (unpaired) electrons. The summed E-state index contributed by atoms with van der Waals surface area (Å²) in [7, 11) is 0. The zero-order valence-electron chi connectivity index (χ0n) is 9.95. The molecule has 1 heterocycles. The lowest BCUT2D eigenvalue weighted by molar-refractivity contribution is -0.128. The summed E-state index contributed by atoms with van der Waals surface area (Å²) >= 11 is 0. The maximum Gasteiger partial charge on any atom is 0.238 e. The fourth-order valence-corrected chi connectivity index (χ4v) is 2.10. The van der Waals surface area contributed by atoms with Crippen LogP contribution in [0.2, 0.25) is 0 Å². The Morgan fingerprint density at radius 1 is 1.47 bits per heavy atom. The molecule has 1 unspecified atom stereocenters. The SMILES string of the molecule is CCCCN1C(=O)CNC1c1ccccc1F. The van der Waals surface area contributed by atoms with Crippen LogP contribution in [0.1, 0.15) is 31.5 Å². The number of hydrogen-bond donors (Lipinski definition) is 1. The van der Waals surface area contributed by atoms with Gasteiger partial charge in [0.2, 0.25) is 5.91 Å². The van der Waals surface area contributed by atoms with E-state index in [1.54, 1.807) is 23.1 Å². The second kappa shape index (κ2) is 5.27. The molecule has 17 heavy (non-hydrogen) atoms. The Kier molecular flexibility index (Phi) is 3.74. The fourth-order valence-electron chi connectivity index (χ4n) is 2.10. The third-order valence-corrected chi connectivity index (χ3v) is 3.03. The number of hydrogen-bond acceptors (Lipinski definition) is 2. The van der Waals surface area contributed by atoms with Gasteiger partial charge in [-0.1, -0.05) is 31.5 Å². The molecule has 0 aromatic heterocycles. The van der Waals surface area contributed by atoms with E-state index in [9.17, 15) is 9.18 Å². The number of carbonyl (C=O) groups excluding carboxylic acids is 1. The number of amides is 1. The Labute approximate surface area is 101 Å². The Bertz CT molecular complexity index is 408. The van der Waals surface area contributed by atoms with Crippen LogP contribution in [0.3, 0.4) is 0 Å². The number of nitrogens with one attached hydrogen (secondary N) is 1. The van der Waals surface area contributed by atoms with Crippen LogP contribution >= 0.6 is 0 Å². The molecule has 2 rings (SSSR count). The van der Waals surface area contributed by atoms with Crippen LogP contribution in [0.5, 0.6) is 0 Å². The van der Waals surface area contributed by atoms with Crippen LogP contribution in [-0.2, 0) is 4.79 Å². The maximum absolute atomic E-state index is 13.7. The fraction of sp³-hybridized carbons (Fsp3) is 0.462.